The molecule has 0 fully saturated rings. The molecule has 98 valence electrons. The first kappa shape index (κ1) is 13.6. The maximum Gasteiger partial charge on any atom is 0.194 e. The van der Waals surface area contributed by atoms with Crippen LogP contribution in [0.4, 0.5) is 5.69 Å². The molecule has 2 nitrogen and oxygen atoms in total. The topological polar surface area (TPSA) is 43.1 Å². The van der Waals surface area contributed by atoms with Crippen molar-refractivity contribution in [3.63, 3.8) is 0 Å². The SMILES string of the molecule is CCCc1ccc(C(=O)c2cc(N)ccc2Cl)cc1. The predicted molar refractivity (Wildman–Crippen MR) is 79.7 cm³/mol. The van der Waals surface area contributed by atoms with E-state index in [0.717, 1.165) is 12.8 Å². The highest BCUT2D eigenvalue weighted by molar-refractivity contribution is 6.35. The monoisotopic (exact) mass is 273 g/mol. The maximum atomic E-state index is 12.3. The number of rotatable bonds is 4. The lowest BCUT2D eigenvalue weighted by Crippen LogP contribution is -2.03. The van der Waals surface area contributed by atoms with Gasteiger partial charge in [-0.2, -0.15) is 0 Å². The zero-order valence-electron chi connectivity index (χ0n) is 10.8. The maximum absolute atomic E-state index is 12.3. The van der Waals surface area contributed by atoms with Gasteiger partial charge >= 0.3 is 0 Å². The Morgan fingerprint density at radius 3 is 2.47 bits per heavy atom. The molecule has 19 heavy (non-hydrogen) atoms. The first-order chi connectivity index (χ1) is 9.11. The summed E-state index contributed by atoms with van der Waals surface area (Å²) in [4.78, 5) is 12.3. The molecule has 0 bridgehead atoms. The molecule has 3 heteroatoms. The van der Waals surface area contributed by atoms with Crippen LogP contribution in [0.1, 0.15) is 34.8 Å². The summed E-state index contributed by atoms with van der Waals surface area (Å²) in [5, 5.41) is 0.428. The van der Waals surface area contributed by atoms with Gasteiger partial charge in [-0.05, 0) is 30.2 Å². The van der Waals surface area contributed by atoms with Crippen LogP contribution in [0.3, 0.4) is 0 Å². The molecule has 0 radical (unpaired) electrons. The van der Waals surface area contributed by atoms with Crippen LogP contribution in [-0.2, 0) is 6.42 Å². The van der Waals surface area contributed by atoms with Gasteiger partial charge in [-0.1, -0.05) is 49.2 Å². The number of nitrogens with two attached hydrogens (primary N) is 1. The minimum Gasteiger partial charge on any atom is -0.399 e. The number of hydrogen-bond donors (Lipinski definition) is 1. The van der Waals surface area contributed by atoms with Gasteiger partial charge in [-0.25, -0.2) is 0 Å². The summed E-state index contributed by atoms with van der Waals surface area (Å²) < 4.78 is 0. The lowest BCUT2D eigenvalue weighted by atomic mass is 10.0. The zero-order valence-corrected chi connectivity index (χ0v) is 11.6. The third kappa shape index (κ3) is 3.15. The van der Waals surface area contributed by atoms with Gasteiger partial charge in [0.25, 0.3) is 0 Å². The third-order valence-electron chi connectivity index (χ3n) is 2.99. The lowest BCUT2D eigenvalue weighted by Gasteiger charge is -2.06. The van der Waals surface area contributed by atoms with Crippen molar-refractivity contribution in [2.24, 2.45) is 0 Å². The number of hydrogen-bond acceptors (Lipinski definition) is 2. The fourth-order valence-corrected chi connectivity index (χ4v) is 2.19. The summed E-state index contributed by atoms with van der Waals surface area (Å²) in [6.07, 6.45) is 2.11. The summed E-state index contributed by atoms with van der Waals surface area (Å²) in [6.45, 7) is 2.13. The van der Waals surface area contributed by atoms with Crippen molar-refractivity contribution in [2.75, 3.05) is 5.73 Å². The van der Waals surface area contributed by atoms with E-state index in [1.807, 2.05) is 24.3 Å². The van der Waals surface area contributed by atoms with E-state index in [4.69, 9.17) is 17.3 Å². The Bertz CT molecular complexity index is 590. The van der Waals surface area contributed by atoms with Crippen LogP contribution in [0.15, 0.2) is 42.5 Å². The van der Waals surface area contributed by atoms with Crippen LogP contribution in [-0.4, -0.2) is 5.78 Å². The molecule has 0 aromatic heterocycles. The van der Waals surface area contributed by atoms with E-state index in [-0.39, 0.29) is 5.78 Å². The van der Waals surface area contributed by atoms with Crippen molar-refractivity contribution >= 4 is 23.1 Å². The van der Waals surface area contributed by atoms with Crippen LogP contribution in [0.2, 0.25) is 5.02 Å². The van der Waals surface area contributed by atoms with Crippen molar-refractivity contribution in [3.05, 3.63) is 64.2 Å². The molecule has 0 spiro atoms. The van der Waals surface area contributed by atoms with Crippen LogP contribution in [0.5, 0.6) is 0 Å². The molecule has 0 atom stereocenters. The number of nitrogen functional groups attached to an aromatic ring is 1. The second-order valence-electron chi connectivity index (χ2n) is 4.52. The zero-order chi connectivity index (χ0) is 13.8. The molecule has 0 unspecified atom stereocenters. The van der Waals surface area contributed by atoms with E-state index in [9.17, 15) is 4.79 Å². The fourth-order valence-electron chi connectivity index (χ4n) is 1.98. The quantitative estimate of drug-likeness (QED) is 0.673. The minimum atomic E-state index is -0.0969. The molecule has 0 saturated heterocycles. The van der Waals surface area contributed by atoms with Crippen LogP contribution in [0, 0.1) is 0 Å². The van der Waals surface area contributed by atoms with E-state index in [2.05, 4.69) is 6.92 Å². The number of benzene rings is 2. The summed E-state index contributed by atoms with van der Waals surface area (Å²) in [5.41, 5.74) is 8.55. The Hall–Kier alpha value is -1.80. The van der Waals surface area contributed by atoms with Crippen molar-refractivity contribution in [1.82, 2.24) is 0 Å². The van der Waals surface area contributed by atoms with E-state index < -0.39 is 0 Å². The van der Waals surface area contributed by atoms with Gasteiger partial charge < -0.3 is 5.73 Å². The van der Waals surface area contributed by atoms with E-state index in [1.165, 1.54) is 5.56 Å². The molecule has 0 amide bonds. The molecule has 2 N–H and O–H groups in total. The Labute approximate surface area is 118 Å². The van der Waals surface area contributed by atoms with Crippen LogP contribution >= 0.6 is 11.6 Å². The largest absolute Gasteiger partial charge is 0.399 e. The second kappa shape index (κ2) is 5.89. The Morgan fingerprint density at radius 2 is 1.84 bits per heavy atom. The second-order valence-corrected chi connectivity index (χ2v) is 4.92. The minimum absolute atomic E-state index is 0.0969. The Kier molecular flexibility index (Phi) is 4.23. The molecule has 2 aromatic rings. The van der Waals surface area contributed by atoms with Gasteiger partial charge in [0, 0.05) is 16.8 Å². The molecule has 0 aliphatic heterocycles. The predicted octanol–water partition coefficient (Wildman–Crippen LogP) is 4.11. The van der Waals surface area contributed by atoms with Crippen molar-refractivity contribution in [3.8, 4) is 0 Å². The van der Waals surface area contributed by atoms with Gasteiger partial charge in [0.1, 0.15) is 0 Å². The number of halogens is 1. The average molecular weight is 274 g/mol. The summed E-state index contributed by atoms with van der Waals surface area (Å²) >= 11 is 6.05. The molecule has 0 aliphatic rings. The van der Waals surface area contributed by atoms with E-state index in [0.29, 0.717) is 21.8 Å². The van der Waals surface area contributed by atoms with Crippen molar-refractivity contribution in [1.29, 1.82) is 0 Å². The van der Waals surface area contributed by atoms with Gasteiger partial charge in [0.05, 0.1) is 5.02 Å². The van der Waals surface area contributed by atoms with Gasteiger partial charge in [-0.3, -0.25) is 4.79 Å². The molecule has 2 rings (SSSR count). The molecular formula is C16H16ClNO. The molecule has 0 heterocycles. The standard InChI is InChI=1S/C16H16ClNO/c1-2-3-11-4-6-12(7-5-11)16(19)14-10-13(18)8-9-15(14)17/h4-10H,2-3,18H2,1H3. The number of carbonyl (C=O) groups excluding carboxylic acids is 1. The highest BCUT2D eigenvalue weighted by Gasteiger charge is 2.13. The van der Waals surface area contributed by atoms with Crippen molar-refractivity contribution in [2.45, 2.75) is 19.8 Å². The molecular weight excluding hydrogens is 258 g/mol. The number of carbonyl (C=O) groups is 1. The summed E-state index contributed by atoms with van der Waals surface area (Å²) in [7, 11) is 0. The highest BCUT2D eigenvalue weighted by atomic mass is 35.5. The first-order valence-electron chi connectivity index (χ1n) is 6.30. The summed E-state index contributed by atoms with van der Waals surface area (Å²) in [6, 6.07) is 12.6. The van der Waals surface area contributed by atoms with Gasteiger partial charge in [0.2, 0.25) is 0 Å². The van der Waals surface area contributed by atoms with Gasteiger partial charge in [0.15, 0.2) is 5.78 Å². The van der Waals surface area contributed by atoms with Crippen LogP contribution < -0.4 is 5.73 Å². The third-order valence-corrected chi connectivity index (χ3v) is 3.32. The number of anilines is 1. The normalized spacial score (nSPS) is 10.4. The van der Waals surface area contributed by atoms with Crippen LogP contribution in [0.25, 0.3) is 0 Å². The van der Waals surface area contributed by atoms with E-state index >= 15 is 0 Å². The summed E-state index contributed by atoms with van der Waals surface area (Å²) in [5.74, 6) is -0.0969. The fraction of sp³-hybridized carbons (Fsp3) is 0.188. The lowest BCUT2D eigenvalue weighted by molar-refractivity contribution is 0.103. The first-order valence-corrected chi connectivity index (χ1v) is 6.68. The average Bonchev–Trinajstić information content (AvgIpc) is 2.42. The smallest absolute Gasteiger partial charge is 0.194 e. The highest BCUT2D eigenvalue weighted by Crippen LogP contribution is 2.22. The molecule has 0 saturated carbocycles. The van der Waals surface area contributed by atoms with E-state index in [1.54, 1.807) is 18.2 Å². The number of aryl methyl sites for hydroxylation is 1. The van der Waals surface area contributed by atoms with Crippen molar-refractivity contribution < 1.29 is 4.79 Å². The number of ketones is 1. The molecule has 2 aromatic carbocycles. The van der Waals surface area contributed by atoms with Gasteiger partial charge in [-0.15, -0.1) is 0 Å². The Morgan fingerprint density at radius 1 is 1.16 bits per heavy atom. The Balaban J connectivity index is 2.30. The molecule has 0 aliphatic carbocycles.